The zero-order valence-corrected chi connectivity index (χ0v) is 14.1. The molecule has 1 N–H and O–H groups in total. The van der Waals surface area contributed by atoms with Crippen LogP contribution in [0.2, 0.25) is 0 Å². The van der Waals surface area contributed by atoms with Crippen LogP contribution in [0.15, 0.2) is 78.4 Å². The molecule has 0 heterocycles. The number of benzene rings is 2. The van der Waals surface area contributed by atoms with Gasteiger partial charge in [-0.1, -0.05) is 92.2 Å². The summed E-state index contributed by atoms with van der Waals surface area (Å²) in [5, 5.41) is 11.8. The van der Waals surface area contributed by atoms with Gasteiger partial charge in [-0.2, -0.15) is 0 Å². The van der Waals surface area contributed by atoms with Crippen LogP contribution < -0.4 is 0 Å². The highest BCUT2D eigenvalue weighted by molar-refractivity contribution is 5.48. The standard InChI is InChI=1S/C22H24O/c1-17-9-7-12-19(15-17)22(23,18-10-5-4-6-11-18)20-13-8-14-21(2,3)16-20/h4-15,23H,16H2,1-3H3. The van der Waals surface area contributed by atoms with E-state index >= 15 is 0 Å². The molecule has 0 fully saturated rings. The van der Waals surface area contributed by atoms with E-state index in [1.54, 1.807) is 0 Å². The third kappa shape index (κ3) is 3.02. The molecule has 1 atom stereocenters. The molecule has 1 heteroatoms. The van der Waals surface area contributed by atoms with Crippen LogP contribution in [0, 0.1) is 12.3 Å². The Hall–Kier alpha value is -2.12. The second kappa shape index (κ2) is 5.82. The molecular weight excluding hydrogens is 280 g/mol. The molecule has 0 amide bonds. The Labute approximate surface area is 139 Å². The summed E-state index contributed by atoms with van der Waals surface area (Å²) in [6, 6.07) is 18.2. The molecule has 1 aliphatic carbocycles. The van der Waals surface area contributed by atoms with Crippen molar-refractivity contribution in [2.24, 2.45) is 5.41 Å². The molecule has 2 aromatic rings. The van der Waals surface area contributed by atoms with Gasteiger partial charge in [-0.3, -0.25) is 0 Å². The van der Waals surface area contributed by atoms with E-state index in [9.17, 15) is 5.11 Å². The monoisotopic (exact) mass is 304 g/mol. The maximum absolute atomic E-state index is 11.8. The van der Waals surface area contributed by atoms with Crippen molar-refractivity contribution in [3.8, 4) is 0 Å². The SMILES string of the molecule is Cc1cccc(C(O)(C2=CC=CC(C)(C)C2)c2ccccc2)c1. The molecule has 0 aromatic heterocycles. The van der Waals surface area contributed by atoms with E-state index in [0.717, 1.165) is 28.7 Å². The van der Waals surface area contributed by atoms with Gasteiger partial charge in [-0.05, 0) is 35.5 Å². The Morgan fingerprint density at radius 3 is 2.30 bits per heavy atom. The zero-order chi connectivity index (χ0) is 16.5. The summed E-state index contributed by atoms with van der Waals surface area (Å²) in [5.74, 6) is 0. The fraction of sp³-hybridized carbons (Fsp3) is 0.273. The van der Waals surface area contributed by atoms with Crippen LogP contribution in [0.4, 0.5) is 0 Å². The Morgan fingerprint density at radius 2 is 1.65 bits per heavy atom. The molecule has 0 spiro atoms. The van der Waals surface area contributed by atoms with Gasteiger partial charge in [-0.25, -0.2) is 0 Å². The summed E-state index contributed by atoms with van der Waals surface area (Å²) in [7, 11) is 0. The summed E-state index contributed by atoms with van der Waals surface area (Å²) in [4.78, 5) is 0. The van der Waals surface area contributed by atoms with Gasteiger partial charge in [0.05, 0.1) is 0 Å². The molecule has 1 unspecified atom stereocenters. The van der Waals surface area contributed by atoms with E-state index in [1.165, 1.54) is 0 Å². The minimum Gasteiger partial charge on any atom is -0.376 e. The van der Waals surface area contributed by atoms with Crippen LogP contribution >= 0.6 is 0 Å². The first kappa shape index (κ1) is 15.8. The summed E-state index contributed by atoms with van der Waals surface area (Å²) < 4.78 is 0. The number of hydrogen-bond acceptors (Lipinski definition) is 1. The van der Waals surface area contributed by atoms with Crippen LogP contribution in [0.1, 0.15) is 37.0 Å². The summed E-state index contributed by atoms with van der Waals surface area (Å²) >= 11 is 0. The van der Waals surface area contributed by atoms with Crippen molar-refractivity contribution in [3.05, 3.63) is 95.1 Å². The van der Waals surface area contributed by atoms with Crippen molar-refractivity contribution in [1.82, 2.24) is 0 Å². The number of rotatable bonds is 3. The van der Waals surface area contributed by atoms with Gasteiger partial charge in [0.25, 0.3) is 0 Å². The van der Waals surface area contributed by atoms with E-state index in [4.69, 9.17) is 0 Å². The summed E-state index contributed by atoms with van der Waals surface area (Å²) in [6.45, 7) is 6.48. The molecule has 0 saturated heterocycles. The molecule has 0 radical (unpaired) electrons. The zero-order valence-electron chi connectivity index (χ0n) is 14.1. The number of allylic oxidation sites excluding steroid dienone is 3. The largest absolute Gasteiger partial charge is 0.376 e. The quantitative estimate of drug-likeness (QED) is 0.832. The van der Waals surface area contributed by atoms with Crippen LogP contribution in [0.25, 0.3) is 0 Å². The maximum Gasteiger partial charge on any atom is 0.136 e. The fourth-order valence-corrected chi connectivity index (χ4v) is 3.37. The van der Waals surface area contributed by atoms with Gasteiger partial charge in [-0.15, -0.1) is 0 Å². The minimum atomic E-state index is -1.09. The maximum atomic E-state index is 11.8. The summed E-state index contributed by atoms with van der Waals surface area (Å²) in [5.41, 5.74) is 3.01. The Balaban J connectivity index is 2.19. The highest BCUT2D eigenvalue weighted by atomic mass is 16.3. The van der Waals surface area contributed by atoms with Crippen molar-refractivity contribution >= 4 is 0 Å². The first-order valence-corrected chi connectivity index (χ1v) is 8.16. The average molecular weight is 304 g/mol. The average Bonchev–Trinajstić information content (AvgIpc) is 2.54. The Bertz CT molecular complexity index is 753. The van der Waals surface area contributed by atoms with Crippen LogP contribution in [0.3, 0.4) is 0 Å². The van der Waals surface area contributed by atoms with Crippen LogP contribution in [-0.2, 0) is 5.60 Å². The lowest BCUT2D eigenvalue weighted by atomic mass is 9.71. The Morgan fingerprint density at radius 1 is 0.957 bits per heavy atom. The predicted octanol–water partition coefficient (Wildman–Crippen LogP) is 5.14. The van der Waals surface area contributed by atoms with Crippen LogP contribution in [-0.4, -0.2) is 5.11 Å². The topological polar surface area (TPSA) is 20.2 Å². The van der Waals surface area contributed by atoms with Gasteiger partial charge in [0.2, 0.25) is 0 Å². The van der Waals surface area contributed by atoms with E-state index in [0.29, 0.717) is 0 Å². The second-order valence-corrected chi connectivity index (χ2v) is 7.16. The highest BCUT2D eigenvalue weighted by Crippen LogP contribution is 2.44. The third-order valence-electron chi connectivity index (χ3n) is 4.58. The lowest BCUT2D eigenvalue weighted by Gasteiger charge is -2.37. The number of aryl methyl sites for hydroxylation is 1. The van der Waals surface area contributed by atoms with Crippen molar-refractivity contribution in [1.29, 1.82) is 0 Å². The molecule has 1 aliphatic rings. The number of hydrogen-bond donors (Lipinski definition) is 1. The highest BCUT2D eigenvalue weighted by Gasteiger charge is 2.38. The second-order valence-electron chi connectivity index (χ2n) is 7.16. The van der Waals surface area contributed by atoms with Gasteiger partial charge in [0.1, 0.15) is 5.60 Å². The minimum absolute atomic E-state index is 0.0523. The molecule has 0 saturated carbocycles. The van der Waals surface area contributed by atoms with Crippen molar-refractivity contribution in [2.45, 2.75) is 32.8 Å². The lowest BCUT2D eigenvalue weighted by molar-refractivity contribution is 0.111. The molecule has 118 valence electrons. The van der Waals surface area contributed by atoms with Crippen molar-refractivity contribution < 1.29 is 5.11 Å². The molecule has 3 rings (SSSR count). The Kier molecular flexibility index (Phi) is 3.99. The lowest BCUT2D eigenvalue weighted by Crippen LogP contribution is -2.33. The molecule has 1 nitrogen and oxygen atoms in total. The molecule has 0 aliphatic heterocycles. The first-order valence-electron chi connectivity index (χ1n) is 8.16. The van der Waals surface area contributed by atoms with E-state index < -0.39 is 5.60 Å². The van der Waals surface area contributed by atoms with Crippen LogP contribution in [0.5, 0.6) is 0 Å². The molecular formula is C22H24O. The fourth-order valence-electron chi connectivity index (χ4n) is 3.37. The van der Waals surface area contributed by atoms with Gasteiger partial charge >= 0.3 is 0 Å². The van der Waals surface area contributed by atoms with E-state index in [1.807, 2.05) is 42.5 Å². The van der Waals surface area contributed by atoms with E-state index in [2.05, 4.69) is 51.1 Å². The number of aliphatic hydroxyl groups is 1. The normalized spacial score (nSPS) is 19.0. The van der Waals surface area contributed by atoms with Gasteiger partial charge in [0, 0.05) is 0 Å². The molecule has 2 aromatic carbocycles. The van der Waals surface area contributed by atoms with Crippen molar-refractivity contribution in [2.75, 3.05) is 0 Å². The van der Waals surface area contributed by atoms with Gasteiger partial charge < -0.3 is 5.11 Å². The third-order valence-corrected chi connectivity index (χ3v) is 4.58. The molecule has 23 heavy (non-hydrogen) atoms. The summed E-state index contributed by atoms with van der Waals surface area (Å²) in [6.07, 6.45) is 7.18. The van der Waals surface area contributed by atoms with Crippen molar-refractivity contribution in [3.63, 3.8) is 0 Å². The smallest absolute Gasteiger partial charge is 0.136 e. The predicted molar refractivity (Wildman–Crippen MR) is 96.2 cm³/mol. The van der Waals surface area contributed by atoms with Gasteiger partial charge in [0.15, 0.2) is 0 Å². The van der Waals surface area contributed by atoms with E-state index in [-0.39, 0.29) is 5.41 Å². The molecule has 0 bridgehead atoms. The first-order chi connectivity index (χ1) is 10.9.